The molecule has 1 atom stereocenters. The topological polar surface area (TPSA) is 140 Å². The summed E-state index contributed by atoms with van der Waals surface area (Å²) in [5, 5.41) is 16.3. The van der Waals surface area contributed by atoms with E-state index >= 15 is 0 Å². The van der Waals surface area contributed by atoms with E-state index in [2.05, 4.69) is 15.1 Å². The Morgan fingerprint density at radius 2 is 1.86 bits per heavy atom. The standard InChI is InChI=1S/C25H29FN4O6S/c1-6-15(4)29-37(34,35)21-13-18(27-23(31)14(2)3)10-11-20(21)36-24-16(5)22(25(32)33)28-30(24)19-9-7-8-17(26)12-19/h7-15,29H,6H2,1-5H3,(H,27,31)(H,32,33)/t15-/m1/s1. The summed E-state index contributed by atoms with van der Waals surface area (Å²) in [6, 6.07) is 8.95. The Morgan fingerprint density at radius 3 is 2.46 bits per heavy atom. The summed E-state index contributed by atoms with van der Waals surface area (Å²) in [6.45, 7) is 8.37. The summed E-state index contributed by atoms with van der Waals surface area (Å²) < 4.78 is 50.2. The Morgan fingerprint density at radius 1 is 1.16 bits per heavy atom. The number of nitrogens with zero attached hydrogens (tertiary/aromatic N) is 2. The van der Waals surface area contributed by atoms with Crippen LogP contribution in [0.3, 0.4) is 0 Å². The van der Waals surface area contributed by atoms with Crippen molar-refractivity contribution in [1.82, 2.24) is 14.5 Å². The van der Waals surface area contributed by atoms with Gasteiger partial charge in [-0.15, -0.1) is 0 Å². The van der Waals surface area contributed by atoms with Crippen LogP contribution in [0.2, 0.25) is 0 Å². The van der Waals surface area contributed by atoms with E-state index in [0.717, 1.165) is 10.7 Å². The molecule has 3 aromatic rings. The largest absolute Gasteiger partial charge is 0.476 e. The first-order chi connectivity index (χ1) is 17.3. The molecule has 0 aliphatic heterocycles. The number of ether oxygens (including phenoxy) is 1. The monoisotopic (exact) mass is 532 g/mol. The minimum absolute atomic E-state index is 0.104. The normalized spacial score (nSPS) is 12.4. The molecule has 1 amide bonds. The van der Waals surface area contributed by atoms with Gasteiger partial charge in [0.25, 0.3) is 0 Å². The smallest absolute Gasteiger partial charge is 0.356 e. The second-order valence-electron chi connectivity index (χ2n) is 8.81. The predicted molar refractivity (Wildman–Crippen MR) is 135 cm³/mol. The Balaban J connectivity index is 2.18. The Labute approximate surface area is 214 Å². The molecule has 0 bridgehead atoms. The second-order valence-corrected chi connectivity index (χ2v) is 10.5. The molecule has 0 saturated carbocycles. The third-order valence-electron chi connectivity index (χ3n) is 5.52. The van der Waals surface area contributed by atoms with E-state index in [1.54, 1.807) is 20.8 Å². The molecule has 0 fully saturated rings. The molecule has 3 rings (SSSR count). The van der Waals surface area contributed by atoms with Crippen LogP contribution in [0.15, 0.2) is 47.4 Å². The van der Waals surface area contributed by atoms with Gasteiger partial charge in [-0.1, -0.05) is 26.8 Å². The van der Waals surface area contributed by atoms with Crippen LogP contribution >= 0.6 is 0 Å². The number of sulfonamides is 1. The molecule has 2 aromatic carbocycles. The van der Waals surface area contributed by atoms with Gasteiger partial charge >= 0.3 is 5.97 Å². The molecule has 0 radical (unpaired) electrons. The number of halogens is 1. The lowest BCUT2D eigenvalue weighted by molar-refractivity contribution is -0.118. The number of carbonyl (C=O) groups is 2. The van der Waals surface area contributed by atoms with Crippen molar-refractivity contribution in [3.8, 4) is 17.3 Å². The first-order valence-corrected chi connectivity index (χ1v) is 13.1. The van der Waals surface area contributed by atoms with Crippen molar-refractivity contribution in [3.05, 3.63) is 59.5 Å². The highest BCUT2D eigenvalue weighted by molar-refractivity contribution is 7.89. The number of hydrogen-bond donors (Lipinski definition) is 3. The number of rotatable bonds is 10. The Bertz CT molecular complexity index is 1430. The Hall–Kier alpha value is -3.77. The number of anilines is 1. The molecule has 3 N–H and O–H groups in total. The van der Waals surface area contributed by atoms with Gasteiger partial charge in [0, 0.05) is 23.2 Å². The van der Waals surface area contributed by atoms with Crippen molar-refractivity contribution in [2.24, 2.45) is 5.92 Å². The van der Waals surface area contributed by atoms with E-state index in [1.807, 2.05) is 6.92 Å². The highest BCUT2D eigenvalue weighted by Crippen LogP contribution is 2.35. The van der Waals surface area contributed by atoms with Crippen molar-refractivity contribution in [1.29, 1.82) is 0 Å². The molecule has 0 aliphatic carbocycles. The lowest BCUT2D eigenvalue weighted by Gasteiger charge is -2.18. The van der Waals surface area contributed by atoms with Crippen molar-refractivity contribution in [2.75, 3.05) is 5.32 Å². The quantitative estimate of drug-likeness (QED) is 0.350. The van der Waals surface area contributed by atoms with Crippen molar-refractivity contribution >= 4 is 27.6 Å². The van der Waals surface area contributed by atoms with Gasteiger partial charge in [-0.05, 0) is 56.7 Å². The van der Waals surface area contributed by atoms with Gasteiger partial charge in [0.05, 0.1) is 5.69 Å². The van der Waals surface area contributed by atoms with Crippen LogP contribution in [0.25, 0.3) is 5.69 Å². The molecule has 198 valence electrons. The van der Waals surface area contributed by atoms with Gasteiger partial charge in [0.2, 0.25) is 21.8 Å². The van der Waals surface area contributed by atoms with E-state index < -0.39 is 27.9 Å². The average molecular weight is 533 g/mol. The number of nitrogens with one attached hydrogen (secondary N) is 2. The van der Waals surface area contributed by atoms with Crippen LogP contribution in [-0.4, -0.2) is 41.2 Å². The third-order valence-corrected chi connectivity index (χ3v) is 7.13. The molecular weight excluding hydrogens is 503 g/mol. The van der Waals surface area contributed by atoms with Crippen LogP contribution in [-0.2, 0) is 14.8 Å². The zero-order valence-corrected chi connectivity index (χ0v) is 21.9. The van der Waals surface area contributed by atoms with Crippen molar-refractivity contribution in [2.45, 2.75) is 52.0 Å². The summed E-state index contributed by atoms with van der Waals surface area (Å²) in [4.78, 5) is 23.7. The zero-order valence-electron chi connectivity index (χ0n) is 21.1. The predicted octanol–water partition coefficient (Wildman–Crippen LogP) is 4.48. The average Bonchev–Trinajstić information content (AvgIpc) is 3.15. The van der Waals surface area contributed by atoms with Crippen LogP contribution < -0.4 is 14.8 Å². The second kappa shape index (κ2) is 11.1. The summed E-state index contributed by atoms with van der Waals surface area (Å²) in [5.74, 6) is -2.82. The van der Waals surface area contributed by atoms with Gasteiger partial charge in [0.15, 0.2) is 5.69 Å². The van der Waals surface area contributed by atoms with Crippen LogP contribution in [0.1, 0.15) is 50.2 Å². The van der Waals surface area contributed by atoms with Crippen LogP contribution in [0.4, 0.5) is 10.1 Å². The lowest BCUT2D eigenvalue weighted by Crippen LogP contribution is -2.32. The number of carboxylic acid groups (broad SMARTS) is 1. The Kier molecular flexibility index (Phi) is 8.34. The van der Waals surface area contributed by atoms with Crippen LogP contribution in [0.5, 0.6) is 11.6 Å². The molecule has 1 aromatic heterocycles. The van der Waals surface area contributed by atoms with Gasteiger partial charge in [-0.25, -0.2) is 22.3 Å². The van der Waals surface area contributed by atoms with Gasteiger partial charge in [0.1, 0.15) is 16.5 Å². The van der Waals surface area contributed by atoms with E-state index in [4.69, 9.17) is 4.74 Å². The van der Waals surface area contributed by atoms with Gasteiger partial charge in [-0.2, -0.15) is 9.78 Å². The fourth-order valence-corrected chi connectivity index (χ4v) is 4.75. The first-order valence-electron chi connectivity index (χ1n) is 11.6. The number of aromatic carboxylic acids is 1. The molecule has 10 nitrogen and oxygen atoms in total. The molecule has 1 heterocycles. The minimum atomic E-state index is -4.14. The molecular formula is C25H29FN4O6S. The maximum atomic E-state index is 13.9. The summed E-state index contributed by atoms with van der Waals surface area (Å²) in [5.41, 5.74) is 0.167. The molecule has 0 unspecified atom stereocenters. The fraction of sp³-hybridized carbons (Fsp3) is 0.320. The molecule has 37 heavy (non-hydrogen) atoms. The maximum Gasteiger partial charge on any atom is 0.356 e. The zero-order chi connectivity index (χ0) is 27.5. The van der Waals surface area contributed by atoms with Crippen LogP contribution in [0, 0.1) is 18.7 Å². The van der Waals surface area contributed by atoms with Crippen molar-refractivity contribution in [3.63, 3.8) is 0 Å². The number of aromatic nitrogens is 2. The molecule has 0 aliphatic rings. The molecule has 0 saturated heterocycles. The SMILES string of the molecule is CC[C@@H](C)NS(=O)(=O)c1cc(NC(=O)C(C)C)ccc1Oc1c(C)c(C(=O)O)nn1-c1cccc(F)c1. The highest BCUT2D eigenvalue weighted by atomic mass is 32.2. The fourth-order valence-electron chi connectivity index (χ4n) is 3.27. The number of amides is 1. The van der Waals surface area contributed by atoms with E-state index in [0.29, 0.717) is 6.42 Å². The van der Waals surface area contributed by atoms with E-state index in [1.165, 1.54) is 43.3 Å². The van der Waals surface area contributed by atoms with Crippen molar-refractivity contribution < 1.29 is 32.2 Å². The number of carboxylic acids is 1. The molecule has 12 heteroatoms. The van der Waals surface area contributed by atoms with E-state index in [-0.39, 0.29) is 51.0 Å². The number of hydrogen-bond acceptors (Lipinski definition) is 6. The number of benzene rings is 2. The third kappa shape index (κ3) is 6.33. The first kappa shape index (κ1) is 27.8. The maximum absolute atomic E-state index is 13.9. The highest BCUT2D eigenvalue weighted by Gasteiger charge is 2.27. The van der Waals surface area contributed by atoms with Gasteiger partial charge < -0.3 is 15.2 Å². The lowest BCUT2D eigenvalue weighted by atomic mass is 10.2. The summed E-state index contributed by atoms with van der Waals surface area (Å²) in [7, 11) is -4.14. The minimum Gasteiger partial charge on any atom is -0.476 e. The summed E-state index contributed by atoms with van der Waals surface area (Å²) >= 11 is 0. The van der Waals surface area contributed by atoms with Gasteiger partial charge in [-0.3, -0.25) is 4.79 Å². The van der Waals surface area contributed by atoms with E-state index in [9.17, 15) is 27.5 Å². The number of carbonyl (C=O) groups excluding carboxylic acids is 1. The molecule has 0 spiro atoms. The summed E-state index contributed by atoms with van der Waals surface area (Å²) in [6.07, 6.45) is 0.520.